The van der Waals surface area contributed by atoms with E-state index in [1.54, 1.807) is 24.5 Å². The quantitative estimate of drug-likeness (QED) is 0.725. The van der Waals surface area contributed by atoms with Gasteiger partial charge in [-0.25, -0.2) is 8.78 Å². The number of para-hydroxylation sites is 1. The molecule has 0 radical (unpaired) electrons. The van der Waals surface area contributed by atoms with Crippen molar-refractivity contribution in [1.82, 2.24) is 15.3 Å². The van der Waals surface area contributed by atoms with E-state index in [9.17, 15) is 18.4 Å². The van der Waals surface area contributed by atoms with Crippen molar-refractivity contribution in [2.75, 3.05) is 5.32 Å². The minimum atomic E-state index is -0.908. The van der Waals surface area contributed by atoms with Crippen molar-refractivity contribution in [3.8, 4) is 0 Å². The van der Waals surface area contributed by atoms with Gasteiger partial charge in [0.2, 0.25) is 0 Å². The van der Waals surface area contributed by atoms with Gasteiger partial charge in [0, 0.05) is 30.7 Å². The lowest BCUT2D eigenvalue weighted by Crippen LogP contribution is -2.24. The van der Waals surface area contributed by atoms with Gasteiger partial charge in [0.05, 0.1) is 0 Å². The second kappa shape index (κ2) is 8.13. The van der Waals surface area contributed by atoms with Crippen LogP contribution in [0.1, 0.15) is 26.4 Å². The van der Waals surface area contributed by atoms with Crippen LogP contribution in [0.25, 0.3) is 0 Å². The first-order chi connectivity index (χ1) is 13.0. The molecule has 136 valence electrons. The molecular weight excluding hydrogens is 354 g/mol. The third-order valence-corrected chi connectivity index (χ3v) is 3.66. The van der Waals surface area contributed by atoms with Crippen molar-refractivity contribution in [3.05, 3.63) is 89.5 Å². The molecule has 1 aromatic carbocycles. The van der Waals surface area contributed by atoms with Gasteiger partial charge < -0.3 is 10.6 Å². The zero-order valence-electron chi connectivity index (χ0n) is 13.9. The third-order valence-electron chi connectivity index (χ3n) is 3.66. The van der Waals surface area contributed by atoms with Gasteiger partial charge in [0.1, 0.15) is 23.0 Å². The molecule has 2 N–H and O–H groups in total. The van der Waals surface area contributed by atoms with Crippen molar-refractivity contribution >= 4 is 17.5 Å². The third kappa shape index (κ3) is 4.49. The molecule has 8 heteroatoms. The Morgan fingerprint density at radius 3 is 2.33 bits per heavy atom. The summed E-state index contributed by atoms with van der Waals surface area (Å²) in [6.07, 6.45) is 4.49. The first kappa shape index (κ1) is 18.1. The number of benzene rings is 1. The lowest BCUT2D eigenvalue weighted by Gasteiger charge is -2.08. The van der Waals surface area contributed by atoms with Crippen molar-refractivity contribution in [2.24, 2.45) is 0 Å². The zero-order valence-corrected chi connectivity index (χ0v) is 13.9. The fourth-order valence-corrected chi connectivity index (χ4v) is 2.28. The van der Waals surface area contributed by atoms with Crippen molar-refractivity contribution in [3.63, 3.8) is 0 Å². The highest BCUT2D eigenvalue weighted by Gasteiger charge is 2.16. The van der Waals surface area contributed by atoms with E-state index in [4.69, 9.17) is 0 Å². The molecule has 2 amide bonds. The minimum absolute atomic E-state index is 0.144. The van der Waals surface area contributed by atoms with Crippen molar-refractivity contribution < 1.29 is 18.4 Å². The minimum Gasteiger partial charge on any atom is -0.348 e. The summed E-state index contributed by atoms with van der Waals surface area (Å²) in [5.74, 6) is -3.06. The monoisotopic (exact) mass is 368 g/mol. The van der Waals surface area contributed by atoms with Crippen LogP contribution in [-0.4, -0.2) is 21.8 Å². The summed E-state index contributed by atoms with van der Waals surface area (Å²) in [6, 6.07) is 9.43. The van der Waals surface area contributed by atoms with Crippen LogP contribution in [0.2, 0.25) is 0 Å². The van der Waals surface area contributed by atoms with Crippen molar-refractivity contribution in [1.29, 1.82) is 0 Å². The van der Waals surface area contributed by atoms with Crippen LogP contribution in [0.4, 0.5) is 14.5 Å². The van der Waals surface area contributed by atoms with Crippen LogP contribution >= 0.6 is 0 Å². The van der Waals surface area contributed by atoms with Crippen LogP contribution in [0.3, 0.4) is 0 Å². The summed E-state index contributed by atoms with van der Waals surface area (Å²) in [4.78, 5) is 32.2. The summed E-state index contributed by atoms with van der Waals surface area (Å²) in [7, 11) is 0. The van der Waals surface area contributed by atoms with Crippen LogP contribution in [0.15, 0.2) is 61.1 Å². The fourth-order valence-electron chi connectivity index (χ4n) is 2.28. The summed E-state index contributed by atoms with van der Waals surface area (Å²) in [5.41, 5.74) is 0.338. The maximum absolute atomic E-state index is 13.7. The molecule has 0 saturated heterocycles. The lowest BCUT2D eigenvalue weighted by molar-refractivity contribution is 0.0950. The van der Waals surface area contributed by atoms with Gasteiger partial charge in [-0.1, -0.05) is 6.07 Å². The number of carbonyl (C=O) groups is 2. The van der Waals surface area contributed by atoms with E-state index in [0.29, 0.717) is 0 Å². The van der Waals surface area contributed by atoms with E-state index in [0.717, 1.165) is 17.7 Å². The average molecular weight is 368 g/mol. The molecular formula is C19H14F2N4O2. The number of halogens is 2. The number of nitrogens with one attached hydrogen (secondary N) is 2. The molecule has 3 aromatic rings. The number of aromatic nitrogens is 2. The molecule has 0 unspecified atom stereocenters. The summed E-state index contributed by atoms with van der Waals surface area (Å²) in [5, 5.41) is 4.83. The summed E-state index contributed by atoms with van der Waals surface area (Å²) in [6.45, 7) is 0.283. The highest BCUT2D eigenvalue weighted by molar-refractivity contribution is 6.04. The zero-order chi connectivity index (χ0) is 19.2. The van der Waals surface area contributed by atoms with Crippen LogP contribution in [0.5, 0.6) is 0 Å². The first-order valence-corrected chi connectivity index (χ1v) is 7.93. The number of nitrogens with zero attached hydrogens (tertiary/aromatic N) is 2. The van der Waals surface area contributed by atoms with Gasteiger partial charge in [0.25, 0.3) is 11.8 Å². The number of amides is 2. The molecule has 3 rings (SSSR count). The Morgan fingerprint density at radius 2 is 1.63 bits per heavy atom. The number of carbonyl (C=O) groups excluding carboxylic acids is 2. The van der Waals surface area contributed by atoms with Gasteiger partial charge in [-0.15, -0.1) is 0 Å². The Balaban J connectivity index is 1.71. The van der Waals surface area contributed by atoms with E-state index in [2.05, 4.69) is 20.6 Å². The van der Waals surface area contributed by atoms with Gasteiger partial charge in [-0.05, 0) is 42.0 Å². The second-order valence-electron chi connectivity index (χ2n) is 5.52. The fraction of sp³-hybridized carbons (Fsp3) is 0.0526. The lowest BCUT2D eigenvalue weighted by atomic mass is 10.2. The highest BCUT2D eigenvalue weighted by Crippen LogP contribution is 2.18. The summed E-state index contributed by atoms with van der Waals surface area (Å²) >= 11 is 0. The summed E-state index contributed by atoms with van der Waals surface area (Å²) < 4.78 is 27.3. The molecule has 0 bridgehead atoms. The number of hydrogen-bond acceptors (Lipinski definition) is 4. The number of pyridine rings is 2. The van der Waals surface area contributed by atoms with Gasteiger partial charge in [-0.2, -0.15) is 0 Å². The highest BCUT2D eigenvalue weighted by atomic mass is 19.1. The Labute approximate surface area is 153 Å². The SMILES string of the molecule is O=C(NCc1ccncc1)c1ccnc(C(=O)Nc2c(F)cccc2F)c1. The first-order valence-electron chi connectivity index (χ1n) is 7.93. The normalized spacial score (nSPS) is 10.3. The maximum Gasteiger partial charge on any atom is 0.274 e. The average Bonchev–Trinajstić information content (AvgIpc) is 2.70. The molecule has 0 fully saturated rings. The maximum atomic E-state index is 13.7. The van der Waals surface area contributed by atoms with Crippen molar-refractivity contribution in [2.45, 2.75) is 6.54 Å². The number of hydrogen-bond donors (Lipinski definition) is 2. The smallest absolute Gasteiger partial charge is 0.274 e. The Morgan fingerprint density at radius 1 is 0.926 bits per heavy atom. The van der Waals surface area contributed by atoms with Crippen LogP contribution < -0.4 is 10.6 Å². The van der Waals surface area contributed by atoms with Crippen LogP contribution in [0, 0.1) is 11.6 Å². The molecule has 27 heavy (non-hydrogen) atoms. The predicted molar refractivity (Wildman–Crippen MR) is 94.0 cm³/mol. The molecule has 2 heterocycles. The Kier molecular flexibility index (Phi) is 5.46. The number of rotatable bonds is 5. The Bertz CT molecular complexity index is 960. The van der Waals surface area contributed by atoms with E-state index in [1.807, 2.05) is 0 Å². The molecule has 0 saturated carbocycles. The molecule has 6 nitrogen and oxygen atoms in total. The largest absolute Gasteiger partial charge is 0.348 e. The van der Waals surface area contributed by atoms with Gasteiger partial charge >= 0.3 is 0 Å². The van der Waals surface area contributed by atoms with Gasteiger partial charge in [-0.3, -0.25) is 19.6 Å². The van der Waals surface area contributed by atoms with E-state index in [-0.39, 0.29) is 17.8 Å². The second-order valence-corrected chi connectivity index (χ2v) is 5.52. The predicted octanol–water partition coefficient (Wildman–Crippen LogP) is 2.94. The molecule has 0 spiro atoms. The molecule has 0 atom stereocenters. The van der Waals surface area contributed by atoms with E-state index in [1.165, 1.54) is 24.4 Å². The number of anilines is 1. The van der Waals surface area contributed by atoms with E-state index >= 15 is 0 Å². The van der Waals surface area contributed by atoms with Crippen LogP contribution in [-0.2, 0) is 6.54 Å². The van der Waals surface area contributed by atoms with E-state index < -0.39 is 29.1 Å². The molecule has 0 aliphatic carbocycles. The molecule has 0 aliphatic heterocycles. The Hall–Kier alpha value is -3.68. The molecule has 2 aromatic heterocycles. The van der Waals surface area contributed by atoms with Gasteiger partial charge in [0.15, 0.2) is 0 Å². The molecule has 0 aliphatic rings. The topological polar surface area (TPSA) is 84.0 Å². The standard InChI is InChI=1S/C19H14F2N4O2/c20-14-2-1-3-15(21)17(14)25-19(27)16-10-13(6-9-23-16)18(26)24-11-12-4-7-22-8-5-12/h1-10H,11H2,(H,24,26)(H,25,27).